The number of carboxylic acid groups (broad SMARTS) is 1. The zero-order chi connectivity index (χ0) is 29.4. The summed E-state index contributed by atoms with van der Waals surface area (Å²) >= 11 is 0. The highest BCUT2D eigenvalue weighted by molar-refractivity contribution is 6.08. The van der Waals surface area contributed by atoms with Gasteiger partial charge in [-0.05, 0) is 41.7 Å². The summed E-state index contributed by atoms with van der Waals surface area (Å²) in [5.74, 6) is -0.229. The van der Waals surface area contributed by atoms with Crippen LogP contribution in [0.2, 0.25) is 0 Å². The summed E-state index contributed by atoms with van der Waals surface area (Å²) in [6.45, 7) is 8.29. The molecule has 0 saturated carbocycles. The number of nitrogens with zero attached hydrogens (tertiary/aromatic N) is 3. The lowest BCUT2D eigenvalue weighted by Crippen LogP contribution is -2.35. The molecule has 0 aliphatic carbocycles. The average Bonchev–Trinajstić information content (AvgIpc) is 3.20. The van der Waals surface area contributed by atoms with Gasteiger partial charge in [-0.1, -0.05) is 20.8 Å². The molecule has 0 aromatic heterocycles. The fourth-order valence-electron chi connectivity index (χ4n) is 5.27. The maximum absolute atomic E-state index is 13.7. The van der Waals surface area contributed by atoms with Crippen LogP contribution in [-0.4, -0.2) is 80.9 Å². The molecule has 0 fully saturated rings. The number of ether oxygens (including phenoxy) is 1. The van der Waals surface area contributed by atoms with E-state index in [-0.39, 0.29) is 35.9 Å². The van der Waals surface area contributed by atoms with Crippen LogP contribution in [0.3, 0.4) is 0 Å². The molecule has 0 atom stereocenters. The lowest BCUT2D eigenvalue weighted by molar-refractivity contribution is -0.137. The Morgan fingerprint density at radius 1 is 1.12 bits per heavy atom. The number of anilines is 2. The Bertz CT molecular complexity index is 1360. The molecule has 4 rings (SSSR count). The number of carboxylic acids is 1. The van der Waals surface area contributed by atoms with Crippen molar-refractivity contribution in [1.29, 1.82) is 5.41 Å². The number of hydrogen-bond donors (Lipinski definition) is 3. The predicted octanol–water partition coefficient (Wildman–Crippen LogP) is 3.50. The molecule has 2 aliphatic rings. The molecule has 0 spiro atoms. The number of fused-ring (bicyclic) bond motifs is 2. The molecule has 40 heavy (non-hydrogen) atoms. The molecule has 2 aromatic carbocycles. The molecule has 214 valence electrons. The maximum Gasteiger partial charge on any atom is 0.303 e. The standard InChI is InChI=1S/C30H39N5O5/c1-30(2,3)22-12-18(13-24-27(22)40-11-10-34(24)9-7-8-26(37)38)25(36)17-35-16-19-14-23(33(5)6)21(29(39)32-4)15-20(19)28(35)31/h12-15,31H,7-11,16-17H2,1-6H3,(H,32,39)(H,37,38). The Morgan fingerprint density at radius 2 is 1.85 bits per heavy atom. The number of carbonyl (C=O) groups is 3. The van der Waals surface area contributed by atoms with E-state index in [0.717, 1.165) is 28.3 Å². The van der Waals surface area contributed by atoms with Crippen LogP contribution < -0.4 is 19.9 Å². The van der Waals surface area contributed by atoms with Crippen molar-refractivity contribution in [3.8, 4) is 5.75 Å². The summed E-state index contributed by atoms with van der Waals surface area (Å²) in [7, 11) is 5.31. The molecule has 3 N–H and O–H groups in total. The Morgan fingerprint density at radius 3 is 2.48 bits per heavy atom. The van der Waals surface area contributed by atoms with E-state index in [2.05, 4.69) is 31.0 Å². The van der Waals surface area contributed by atoms with Gasteiger partial charge in [0.15, 0.2) is 5.78 Å². The molecule has 2 aliphatic heterocycles. The van der Waals surface area contributed by atoms with Crippen LogP contribution >= 0.6 is 0 Å². The summed E-state index contributed by atoms with van der Waals surface area (Å²) in [4.78, 5) is 43.0. The van der Waals surface area contributed by atoms with Gasteiger partial charge in [-0.25, -0.2) is 0 Å². The number of nitrogens with one attached hydrogen (secondary N) is 2. The number of hydrogen-bond acceptors (Lipinski definition) is 7. The van der Waals surface area contributed by atoms with E-state index < -0.39 is 5.97 Å². The predicted molar refractivity (Wildman–Crippen MR) is 155 cm³/mol. The van der Waals surface area contributed by atoms with Crippen LogP contribution in [0.5, 0.6) is 5.75 Å². The average molecular weight is 550 g/mol. The number of Topliss-reactive ketones (excluding diaryl/α,β-unsaturated/α-hetero) is 1. The van der Waals surface area contributed by atoms with E-state index in [0.29, 0.717) is 49.4 Å². The van der Waals surface area contributed by atoms with Crippen LogP contribution in [0.1, 0.15) is 71.0 Å². The minimum Gasteiger partial charge on any atom is -0.489 e. The number of benzene rings is 2. The van der Waals surface area contributed by atoms with E-state index in [1.54, 1.807) is 18.0 Å². The number of carbonyl (C=O) groups excluding carboxylic acids is 2. The van der Waals surface area contributed by atoms with Crippen LogP contribution in [0.25, 0.3) is 0 Å². The van der Waals surface area contributed by atoms with Gasteiger partial charge in [0.25, 0.3) is 5.91 Å². The van der Waals surface area contributed by atoms with Crippen molar-refractivity contribution >= 4 is 34.9 Å². The largest absolute Gasteiger partial charge is 0.489 e. The van der Waals surface area contributed by atoms with Crippen molar-refractivity contribution in [3.63, 3.8) is 0 Å². The second kappa shape index (κ2) is 11.2. The summed E-state index contributed by atoms with van der Waals surface area (Å²) in [6.07, 6.45) is 0.570. The number of rotatable bonds is 9. The van der Waals surface area contributed by atoms with Crippen LogP contribution in [-0.2, 0) is 16.8 Å². The Hall–Kier alpha value is -4.08. The van der Waals surface area contributed by atoms with Gasteiger partial charge in [0, 0.05) is 63.0 Å². The SMILES string of the molecule is CNC(=O)c1cc2c(cc1N(C)C)CN(CC(=O)c1cc3c(c(C(C)(C)C)c1)OCCN3CCCC(=O)O)C2=N. The number of amidine groups is 1. The molecule has 2 aromatic rings. The molecule has 10 nitrogen and oxygen atoms in total. The number of aliphatic carboxylic acids is 1. The highest BCUT2D eigenvalue weighted by atomic mass is 16.5. The van der Waals surface area contributed by atoms with Gasteiger partial charge in [0.1, 0.15) is 18.2 Å². The lowest BCUT2D eigenvalue weighted by atomic mass is 9.84. The second-order valence-corrected chi connectivity index (χ2v) is 11.6. The molecule has 0 saturated heterocycles. The molecule has 0 radical (unpaired) electrons. The summed E-state index contributed by atoms with van der Waals surface area (Å²) < 4.78 is 6.09. The minimum absolute atomic E-state index is 0.0162. The van der Waals surface area contributed by atoms with Gasteiger partial charge in [-0.15, -0.1) is 0 Å². The second-order valence-electron chi connectivity index (χ2n) is 11.6. The van der Waals surface area contributed by atoms with E-state index >= 15 is 0 Å². The van der Waals surface area contributed by atoms with Crippen molar-refractivity contribution in [3.05, 3.63) is 52.1 Å². The van der Waals surface area contributed by atoms with E-state index in [1.807, 2.05) is 37.2 Å². The third kappa shape index (κ3) is 5.76. The molecule has 2 heterocycles. The number of amides is 1. The molecule has 1 amide bonds. The van der Waals surface area contributed by atoms with Crippen molar-refractivity contribution in [2.24, 2.45) is 0 Å². The third-order valence-corrected chi connectivity index (χ3v) is 7.41. The zero-order valence-corrected chi connectivity index (χ0v) is 24.2. The summed E-state index contributed by atoms with van der Waals surface area (Å²) in [5.41, 5.74) is 4.74. The fraction of sp³-hybridized carbons (Fsp3) is 0.467. The highest BCUT2D eigenvalue weighted by Gasteiger charge is 2.32. The van der Waals surface area contributed by atoms with Gasteiger partial charge in [-0.2, -0.15) is 0 Å². The topological polar surface area (TPSA) is 126 Å². The van der Waals surface area contributed by atoms with E-state index in [1.165, 1.54) is 0 Å². The van der Waals surface area contributed by atoms with Gasteiger partial charge in [0.2, 0.25) is 0 Å². The Labute approximate surface area is 235 Å². The van der Waals surface area contributed by atoms with Crippen LogP contribution in [0.4, 0.5) is 11.4 Å². The van der Waals surface area contributed by atoms with Crippen LogP contribution in [0, 0.1) is 5.41 Å². The minimum atomic E-state index is -0.831. The van der Waals surface area contributed by atoms with E-state index in [4.69, 9.17) is 15.3 Å². The third-order valence-electron chi connectivity index (χ3n) is 7.41. The van der Waals surface area contributed by atoms with E-state index in [9.17, 15) is 14.4 Å². The van der Waals surface area contributed by atoms with Crippen molar-refractivity contribution < 1.29 is 24.2 Å². The molecule has 0 bridgehead atoms. The Balaban J connectivity index is 1.63. The van der Waals surface area contributed by atoms with Crippen molar-refractivity contribution in [2.75, 3.05) is 57.2 Å². The van der Waals surface area contributed by atoms with Crippen LogP contribution in [0.15, 0.2) is 24.3 Å². The maximum atomic E-state index is 13.7. The quantitative estimate of drug-likeness (QED) is 0.406. The fourth-order valence-corrected chi connectivity index (χ4v) is 5.27. The first-order valence-electron chi connectivity index (χ1n) is 13.5. The summed E-state index contributed by atoms with van der Waals surface area (Å²) in [5, 5.41) is 20.6. The monoisotopic (exact) mass is 549 g/mol. The van der Waals surface area contributed by atoms with Gasteiger partial charge < -0.3 is 29.9 Å². The summed E-state index contributed by atoms with van der Waals surface area (Å²) in [6, 6.07) is 7.39. The highest BCUT2D eigenvalue weighted by Crippen LogP contribution is 2.42. The molecule has 0 unspecified atom stereocenters. The Kier molecular flexibility index (Phi) is 8.09. The first kappa shape index (κ1) is 28.9. The molecular formula is C30H39N5O5. The number of ketones is 1. The van der Waals surface area contributed by atoms with Gasteiger partial charge in [-0.3, -0.25) is 19.8 Å². The molecule has 10 heteroatoms. The van der Waals surface area contributed by atoms with Crippen molar-refractivity contribution in [1.82, 2.24) is 10.2 Å². The smallest absolute Gasteiger partial charge is 0.303 e. The normalized spacial score (nSPS) is 14.4. The zero-order valence-electron chi connectivity index (χ0n) is 24.2. The lowest BCUT2D eigenvalue weighted by Gasteiger charge is -2.35. The van der Waals surface area contributed by atoms with Gasteiger partial charge >= 0.3 is 5.97 Å². The molecular weight excluding hydrogens is 510 g/mol. The van der Waals surface area contributed by atoms with Crippen molar-refractivity contribution in [2.45, 2.75) is 45.6 Å². The van der Waals surface area contributed by atoms with Gasteiger partial charge in [0.05, 0.1) is 24.3 Å². The first-order chi connectivity index (χ1) is 18.8. The first-order valence-corrected chi connectivity index (χ1v) is 13.5.